The van der Waals surface area contributed by atoms with Gasteiger partial charge in [0, 0.05) is 17.8 Å². The third kappa shape index (κ3) is 1.54. The van der Waals surface area contributed by atoms with Gasteiger partial charge < -0.3 is 15.8 Å². The molecule has 0 saturated carbocycles. The minimum Gasteiger partial charge on any atom is -0.494 e. The lowest BCUT2D eigenvalue weighted by Gasteiger charge is -2.13. The van der Waals surface area contributed by atoms with Gasteiger partial charge in [0.2, 0.25) is 0 Å². The average Bonchev–Trinajstić information content (AvgIpc) is 2.33. The van der Waals surface area contributed by atoms with Crippen LogP contribution in [-0.4, -0.2) is 10.1 Å². The molecule has 1 heterocycles. The van der Waals surface area contributed by atoms with E-state index in [1.54, 1.807) is 12.3 Å². The van der Waals surface area contributed by atoms with E-state index >= 15 is 0 Å². The van der Waals surface area contributed by atoms with E-state index in [-0.39, 0.29) is 11.9 Å². The third-order valence-electron chi connectivity index (χ3n) is 1.83. The molecule has 0 aromatic carbocycles. The summed E-state index contributed by atoms with van der Waals surface area (Å²) >= 11 is 0. The first-order valence-corrected chi connectivity index (χ1v) is 3.74. The summed E-state index contributed by atoms with van der Waals surface area (Å²) in [6.45, 7) is 4.05. The van der Waals surface area contributed by atoms with Gasteiger partial charge in [0.05, 0.1) is 0 Å². The van der Waals surface area contributed by atoms with Crippen LogP contribution < -0.4 is 5.73 Å². The molecule has 4 N–H and O–H groups in total. The number of rotatable bonds is 2. The molecule has 1 aromatic heterocycles. The molecule has 62 valence electrons. The van der Waals surface area contributed by atoms with E-state index in [0.29, 0.717) is 5.92 Å². The second-order valence-electron chi connectivity index (χ2n) is 3.05. The second kappa shape index (κ2) is 2.96. The van der Waals surface area contributed by atoms with Crippen molar-refractivity contribution in [1.29, 1.82) is 0 Å². The highest BCUT2D eigenvalue weighted by molar-refractivity contribution is 5.28. The summed E-state index contributed by atoms with van der Waals surface area (Å²) in [4.78, 5) is 2.68. The van der Waals surface area contributed by atoms with Gasteiger partial charge in [-0.25, -0.2) is 0 Å². The van der Waals surface area contributed by atoms with Gasteiger partial charge in [-0.05, 0) is 12.0 Å². The average molecular weight is 154 g/mol. The van der Waals surface area contributed by atoms with Gasteiger partial charge >= 0.3 is 0 Å². The molecule has 11 heavy (non-hydrogen) atoms. The van der Waals surface area contributed by atoms with Crippen molar-refractivity contribution < 1.29 is 5.11 Å². The van der Waals surface area contributed by atoms with Crippen LogP contribution in [0.5, 0.6) is 5.88 Å². The van der Waals surface area contributed by atoms with Gasteiger partial charge in [0.25, 0.3) is 0 Å². The molecule has 1 rings (SSSR count). The monoisotopic (exact) mass is 154 g/mol. The largest absolute Gasteiger partial charge is 0.494 e. The first-order valence-electron chi connectivity index (χ1n) is 3.74. The van der Waals surface area contributed by atoms with E-state index in [1.807, 2.05) is 13.8 Å². The number of hydrogen-bond donors (Lipinski definition) is 3. The molecular weight excluding hydrogens is 140 g/mol. The molecule has 0 saturated heterocycles. The van der Waals surface area contributed by atoms with Gasteiger partial charge in [0.15, 0.2) is 5.88 Å². The van der Waals surface area contributed by atoms with Crippen molar-refractivity contribution >= 4 is 0 Å². The summed E-state index contributed by atoms with van der Waals surface area (Å²) < 4.78 is 0. The smallest absolute Gasteiger partial charge is 0.193 e. The predicted octanol–water partition coefficient (Wildman–Crippen LogP) is 1.38. The van der Waals surface area contributed by atoms with Crippen molar-refractivity contribution in [2.24, 2.45) is 11.7 Å². The van der Waals surface area contributed by atoms with Crippen LogP contribution in [0.3, 0.4) is 0 Å². The van der Waals surface area contributed by atoms with Crippen LogP contribution in [0.15, 0.2) is 12.3 Å². The molecule has 0 radical (unpaired) electrons. The maximum atomic E-state index is 9.23. The molecule has 3 heteroatoms. The Bertz CT molecular complexity index is 230. The Morgan fingerprint density at radius 2 is 2.18 bits per heavy atom. The third-order valence-corrected chi connectivity index (χ3v) is 1.83. The van der Waals surface area contributed by atoms with Crippen molar-refractivity contribution in [1.82, 2.24) is 4.98 Å². The lowest BCUT2D eigenvalue weighted by atomic mass is 9.99. The lowest BCUT2D eigenvalue weighted by Crippen LogP contribution is -2.15. The summed E-state index contributed by atoms with van der Waals surface area (Å²) in [6.07, 6.45) is 1.69. The first-order chi connectivity index (χ1) is 5.13. The molecule has 1 atom stereocenters. The molecule has 0 amide bonds. The Kier molecular flexibility index (Phi) is 2.19. The van der Waals surface area contributed by atoms with Crippen LogP contribution in [0.4, 0.5) is 0 Å². The normalized spacial score (nSPS) is 13.8. The van der Waals surface area contributed by atoms with E-state index in [4.69, 9.17) is 5.73 Å². The summed E-state index contributed by atoms with van der Waals surface area (Å²) in [6, 6.07) is 1.72. The zero-order chi connectivity index (χ0) is 8.43. The minimum atomic E-state index is -0.0822. The molecular formula is C8H14N2O. The number of aromatic amines is 1. The Hall–Kier alpha value is -0.960. The summed E-state index contributed by atoms with van der Waals surface area (Å²) in [7, 11) is 0. The maximum absolute atomic E-state index is 9.23. The standard InChI is InChI=1S/C8H14N2O/c1-5(2)7(9)6-3-4-10-8(6)11/h3-5,7,10-11H,9H2,1-2H3/t7-/m0/s1. The fourth-order valence-electron chi connectivity index (χ4n) is 1.00. The molecule has 0 fully saturated rings. The molecule has 0 aliphatic heterocycles. The molecule has 0 aliphatic carbocycles. The second-order valence-corrected chi connectivity index (χ2v) is 3.05. The molecule has 0 aliphatic rings. The van der Waals surface area contributed by atoms with Crippen molar-refractivity contribution in [3.63, 3.8) is 0 Å². The van der Waals surface area contributed by atoms with Crippen molar-refractivity contribution in [2.45, 2.75) is 19.9 Å². The topological polar surface area (TPSA) is 62.0 Å². The van der Waals surface area contributed by atoms with E-state index in [0.717, 1.165) is 5.56 Å². The highest BCUT2D eigenvalue weighted by Crippen LogP contribution is 2.25. The Balaban J connectivity index is 2.84. The van der Waals surface area contributed by atoms with E-state index in [1.165, 1.54) is 0 Å². The Labute approximate surface area is 66.2 Å². The van der Waals surface area contributed by atoms with Crippen molar-refractivity contribution in [3.8, 4) is 5.88 Å². The van der Waals surface area contributed by atoms with E-state index in [2.05, 4.69) is 4.98 Å². The summed E-state index contributed by atoms with van der Waals surface area (Å²) in [5.41, 5.74) is 6.59. The lowest BCUT2D eigenvalue weighted by molar-refractivity contribution is 0.428. The molecule has 0 unspecified atom stereocenters. The van der Waals surface area contributed by atoms with Gasteiger partial charge in [-0.3, -0.25) is 0 Å². The Morgan fingerprint density at radius 3 is 2.55 bits per heavy atom. The van der Waals surface area contributed by atoms with Crippen molar-refractivity contribution in [3.05, 3.63) is 17.8 Å². The number of H-pyrrole nitrogens is 1. The number of aromatic hydroxyl groups is 1. The van der Waals surface area contributed by atoms with Gasteiger partial charge in [-0.15, -0.1) is 0 Å². The van der Waals surface area contributed by atoms with Gasteiger partial charge in [-0.2, -0.15) is 0 Å². The van der Waals surface area contributed by atoms with Crippen molar-refractivity contribution in [2.75, 3.05) is 0 Å². The van der Waals surface area contributed by atoms with Crippen LogP contribution in [0.25, 0.3) is 0 Å². The van der Waals surface area contributed by atoms with Crippen LogP contribution >= 0.6 is 0 Å². The fourth-order valence-corrected chi connectivity index (χ4v) is 1.00. The zero-order valence-corrected chi connectivity index (χ0v) is 6.83. The van der Waals surface area contributed by atoms with E-state index in [9.17, 15) is 5.11 Å². The van der Waals surface area contributed by atoms with Crippen LogP contribution in [0.2, 0.25) is 0 Å². The summed E-state index contributed by atoms with van der Waals surface area (Å²) in [5, 5.41) is 9.23. The van der Waals surface area contributed by atoms with Gasteiger partial charge in [0.1, 0.15) is 0 Å². The quantitative estimate of drug-likeness (QED) is 0.602. The number of nitrogens with one attached hydrogen (secondary N) is 1. The molecule has 3 nitrogen and oxygen atoms in total. The Morgan fingerprint density at radius 1 is 1.55 bits per heavy atom. The number of hydrogen-bond acceptors (Lipinski definition) is 2. The maximum Gasteiger partial charge on any atom is 0.193 e. The highest BCUT2D eigenvalue weighted by atomic mass is 16.3. The predicted molar refractivity (Wildman–Crippen MR) is 44.2 cm³/mol. The van der Waals surface area contributed by atoms with E-state index < -0.39 is 0 Å². The van der Waals surface area contributed by atoms with Crippen LogP contribution in [0, 0.1) is 5.92 Å². The van der Waals surface area contributed by atoms with Crippen LogP contribution in [0.1, 0.15) is 25.5 Å². The van der Waals surface area contributed by atoms with Crippen LogP contribution in [-0.2, 0) is 0 Å². The fraction of sp³-hybridized carbons (Fsp3) is 0.500. The summed E-state index contributed by atoms with van der Waals surface area (Å²) in [5.74, 6) is 0.530. The molecule has 0 spiro atoms. The zero-order valence-electron chi connectivity index (χ0n) is 6.83. The minimum absolute atomic E-state index is 0.0822. The SMILES string of the molecule is CC(C)[C@H](N)c1cc[nH]c1O. The molecule has 0 bridgehead atoms. The van der Waals surface area contributed by atoms with Gasteiger partial charge in [-0.1, -0.05) is 13.8 Å². The number of nitrogens with two attached hydrogens (primary N) is 1. The first kappa shape index (κ1) is 8.14. The highest BCUT2D eigenvalue weighted by Gasteiger charge is 2.14. The molecule has 1 aromatic rings. The number of aromatic nitrogens is 1.